The average Bonchev–Trinajstić information content (AvgIpc) is 3.55. The molecule has 5 fully saturated rings. The van der Waals surface area contributed by atoms with Gasteiger partial charge in [-0.2, -0.15) is 13.2 Å². The van der Waals surface area contributed by atoms with Crippen LogP contribution in [0.1, 0.15) is 95.1 Å². The highest BCUT2D eigenvalue weighted by Gasteiger charge is 2.65. The molecular formula is C41H52F3N3O5. The molecule has 3 aromatic rings. The van der Waals surface area contributed by atoms with E-state index in [0.29, 0.717) is 39.7 Å². The summed E-state index contributed by atoms with van der Waals surface area (Å²) in [6.45, 7) is 4.94. The topological polar surface area (TPSA) is 83.1 Å². The quantitative estimate of drug-likeness (QED) is 0.150. The number of aromatic nitrogens is 1. The van der Waals surface area contributed by atoms with Gasteiger partial charge in [0.1, 0.15) is 16.9 Å². The van der Waals surface area contributed by atoms with E-state index in [9.17, 15) is 13.2 Å². The normalized spacial score (nSPS) is 31.4. The van der Waals surface area contributed by atoms with Crippen LogP contribution in [-0.4, -0.2) is 49.5 Å². The van der Waals surface area contributed by atoms with Crippen LogP contribution >= 0.6 is 0 Å². The molecule has 1 aromatic heterocycles. The number of rotatable bonds is 11. The van der Waals surface area contributed by atoms with Gasteiger partial charge in [0.05, 0.1) is 37.0 Å². The van der Waals surface area contributed by atoms with Gasteiger partial charge in [0.15, 0.2) is 11.5 Å². The maximum absolute atomic E-state index is 13.5. The average molecular weight is 724 g/mol. The predicted molar refractivity (Wildman–Crippen MR) is 193 cm³/mol. The maximum atomic E-state index is 13.5. The maximum Gasteiger partial charge on any atom is 0.416 e. The molecule has 4 aliphatic carbocycles. The molecule has 1 aliphatic heterocycles. The number of methoxy groups -OCH3 is 2. The van der Waals surface area contributed by atoms with Crippen LogP contribution in [0.4, 0.5) is 18.9 Å². The number of fused-ring (bicyclic) bond motifs is 3. The molecule has 1 saturated heterocycles. The third kappa shape index (κ3) is 6.70. The number of benzene rings is 2. The monoisotopic (exact) mass is 723 g/mol. The summed E-state index contributed by atoms with van der Waals surface area (Å²) in [4.78, 5) is 17.5. The third-order valence-corrected chi connectivity index (χ3v) is 13.1. The molecule has 8 rings (SSSR count). The first kappa shape index (κ1) is 35.7. The Labute approximate surface area is 304 Å². The van der Waals surface area contributed by atoms with Crippen molar-refractivity contribution in [1.29, 1.82) is 0 Å². The number of hydrogen-bond donors (Lipinski definition) is 2. The van der Waals surface area contributed by atoms with Gasteiger partial charge in [-0.25, -0.2) is 14.8 Å². The number of ether oxygens (including phenoxy) is 3. The molecule has 2 aromatic carbocycles. The number of hydrogen-bond acceptors (Lipinski definition) is 8. The third-order valence-electron chi connectivity index (χ3n) is 13.1. The van der Waals surface area contributed by atoms with Crippen LogP contribution in [-0.2, 0) is 16.0 Å². The standard InChI is InChI=1S/C41H52F3N3O5/c1-24-14-35(49-4)47-37-33(19-34(48-3)38(36(24)37)50-31-11-5-9-27(17-31)41(42,43)44)46-25(2)8-7-13-45-30-10-6-12-39(22-30)20-26-15-28-16-29-18-32(51-52-39)23-40(28,29)21-26/h5,9,11,14,17,19,25-26,28-30,32,45-46H,6-8,10,12-13,15-16,18,20-23H2,1-4H3/t25?,26?,28?,29?,30?,32?,39-,40?/m0/s1. The van der Waals surface area contributed by atoms with Gasteiger partial charge in [-0.1, -0.05) is 6.07 Å². The van der Waals surface area contributed by atoms with Gasteiger partial charge in [-0.15, -0.1) is 0 Å². The Balaban J connectivity index is 0.919. The van der Waals surface area contributed by atoms with E-state index < -0.39 is 11.7 Å². The van der Waals surface area contributed by atoms with Gasteiger partial charge in [0.2, 0.25) is 5.88 Å². The Morgan fingerprint density at radius 2 is 1.87 bits per heavy atom. The van der Waals surface area contributed by atoms with Crippen LogP contribution in [0.2, 0.25) is 0 Å². The molecule has 11 heteroatoms. The van der Waals surface area contributed by atoms with E-state index >= 15 is 0 Å². The summed E-state index contributed by atoms with van der Waals surface area (Å²) in [6.07, 6.45) is 9.85. The van der Waals surface area contributed by atoms with Crippen LogP contribution in [0.3, 0.4) is 0 Å². The smallest absolute Gasteiger partial charge is 0.416 e. The van der Waals surface area contributed by atoms with E-state index in [2.05, 4.69) is 17.6 Å². The lowest BCUT2D eigenvalue weighted by Gasteiger charge is -2.48. The van der Waals surface area contributed by atoms with Crippen LogP contribution in [0.15, 0.2) is 36.4 Å². The summed E-state index contributed by atoms with van der Waals surface area (Å²) < 4.78 is 57.8. The molecule has 282 valence electrons. The second-order valence-electron chi connectivity index (χ2n) is 16.5. The van der Waals surface area contributed by atoms with Gasteiger partial charge < -0.3 is 24.8 Å². The van der Waals surface area contributed by atoms with Crippen molar-refractivity contribution in [3.05, 3.63) is 47.5 Å². The lowest BCUT2D eigenvalue weighted by molar-refractivity contribution is -0.392. The van der Waals surface area contributed by atoms with Crippen molar-refractivity contribution in [2.45, 2.75) is 121 Å². The Morgan fingerprint density at radius 1 is 1.02 bits per heavy atom. The van der Waals surface area contributed by atoms with Crippen LogP contribution < -0.4 is 24.8 Å². The molecule has 52 heavy (non-hydrogen) atoms. The van der Waals surface area contributed by atoms with Crippen molar-refractivity contribution in [1.82, 2.24) is 10.3 Å². The molecule has 2 heterocycles. The van der Waals surface area contributed by atoms with Crippen LogP contribution in [0, 0.1) is 30.1 Å². The summed E-state index contributed by atoms with van der Waals surface area (Å²) in [5.74, 6) is 3.73. The minimum absolute atomic E-state index is 0.0505. The van der Waals surface area contributed by atoms with E-state index in [-0.39, 0.29) is 23.5 Å². The SMILES string of the molecule is COc1cc(C)c2c(Oc3cccc(C(F)(F)F)c3)c(OC)cc(NC(C)CCCNC3CCC[C@]4(CC5CC6CC7CC(CC67C5)OO4)C3)c2n1. The lowest BCUT2D eigenvalue weighted by Crippen LogP contribution is -2.47. The van der Waals surface area contributed by atoms with E-state index in [1.165, 1.54) is 51.3 Å². The van der Waals surface area contributed by atoms with Crippen LogP contribution in [0.25, 0.3) is 10.9 Å². The van der Waals surface area contributed by atoms with Crippen LogP contribution in [0.5, 0.6) is 23.1 Å². The molecular weight excluding hydrogens is 671 g/mol. The molecule has 5 aliphatic rings. The van der Waals surface area contributed by atoms with Crippen molar-refractivity contribution in [3.63, 3.8) is 0 Å². The summed E-state index contributed by atoms with van der Waals surface area (Å²) in [5.41, 5.74) is 1.73. The van der Waals surface area contributed by atoms with E-state index in [1.54, 1.807) is 19.2 Å². The molecule has 0 amide bonds. The highest BCUT2D eigenvalue weighted by molar-refractivity contribution is 6.00. The van der Waals surface area contributed by atoms with E-state index in [1.807, 2.05) is 6.92 Å². The van der Waals surface area contributed by atoms with Crippen molar-refractivity contribution < 1.29 is 37.2 Å². The lowest BCUT2D eigenvalue weighted by atomic mass is 9.56. The highest BCUT2D eigenvalue weighted by Crippen LogP contribution is 2.71. The van der Waals surface area contributed by atoms with Crippen molar-refractivity contribution in [2.75, 3.05) is 26.1 Å². The summed E-state index contributed by atoms with van der Waals surface area (Å²) >= 11 is 0. The Bertz CT molecular complexity index is 1790. The summed E-state index contributed by atoms with van der Waals surface area (Å²) in [6, 6.07) is 8.92. The molecule has 8 nitrogen and oxygen atoms in total. The molecule has 7 unspecified atom stereocenters. The largest absolute Gasteiger partial charge is 0.493 e. The van der Waals surface area contributed by atoms with E-state index in [4.69, 9.17) is 29.0 Å². The minimum Gasteiger partial charge on any atom is -0.493 e. The molecule has 2 spiro atoms. The van der Waals surface area contributed by atoms with Gasteiger partial charge in [-0.3, -0.25) is 0 Å². The number of anilines is 1. The first-order chi connectivity index (χ1) is 25.0. The van der Waals surface area contributed by atoms with Gasteiger partial charge >= 0.3 is 6.18 Å². The minimum atomic E-state index is -4.50. The number of pyridine rings is 1. The first-order valence-corrected chi connectivity index (χ1v) is 19.2. The fourth-order valence-electron chi connectivity index (χ4n) is 10.8. The van der Waals surface area contributed by atoms with Crippen molar-refractivity contribution in [3.8, 4) is 23.1 Å². The zero-order chi connectivity index (χ0) is 36.3. The fraction of sp³-hybridized carbons (Fsp3) is 0.634. The van der Waals surface area contributed by atoms with Crippen molar-refractivity contribution >= 4 is 16.6 Å². The second kappa shape index (κ2) is 13.9. The predicted octanol–water partition coefficient (Wildman–Crippen LogP) is 9.77. The molecule has 8 atom stereocenters. The first-order valence-electron chi connectivity index (χ1n) is 19.2. The highest BCUT2D eigenvalue weighted by atomic mass is 19.4. The zero-order valence-electron chi connectivity index (χ0n) is 30.7. The van der Waals surface area contributed by atoms with Gasteiger partial charge in [0.25, 0.3) is 0 Å². The summed E-state index contributed by atoms with van der Waals surface area (Å²) in [5, 5.41) is 8.14. The fourth-order valence-corrected chi connectivity index (χ4v) is 10.8. The Kier molecular flexibility index (Phi) is 9.52. The summed E-state index contributed by atoms with van der Waals surface area (Å²) in [7, 11) is 3.08. The number of halogens is 3. The van der Waals surface area contributed by atoms with Gasteiger partial charge in [0, 0.05) is 24.2 Å². The number of aryl methyl sites for hydroxylation is 1. The van der Waals surface area contributed by atoms with Crippen molar-refractivity contribution in [2.24, 2.45) is 23.2 Å². The number of alkyl halides is 3. The molecule has 3 bridgehead atoms. The number of nitrogens with one attached hydrogen (secondary N) is 2. The zero-order valence-corrected chi connectivity index (χ0v) is 30.7. The molecule has 4 saturated carbocycles. The Morgan fingerprint density at radius 3 is 2.67 bits per heavy atom. The number of nitrogens with zero attached hydrogens (tertiary/aromatic N) is 1. The van der Waals surface area contributed by atoms with E-state index in [0.717, 1.165) is 92.6 Å². The molecule has 2 N–H and O–H groups in total. The Hall–Kier alpha value is -3.28. The van der Waals surface area contributed by atoms with Gasteiger partial charge in [-0.05, 0) is 144 Å². The second-order valence-corrected chi connectivity index (χ2v) is 16.5. The molecule has 0 radical (unpaired) electrons.